The van der Waals surface area contributed by atoms with Gasteiger partial charge in [0, 0.05) is 26.2 Å². The van der Waals surface area contributed by atoms with Gasteiger partial charge in [-0.25, -0.2) is 9.59 Å². The Morgan fingerprint density at radius 1 is 1.38 bits per heavy atom. The number of carbonyl (C=O) groups excluding carboxylic acids is 2. The summed E-state index contributed by atoms with van der Waals surface area (Å²) in [6, 6.07) is -0.130. The molecule has 0 bridgehead atoms. The van der Waals surface area contributed by atoms with E-state index in [1.165, 1.54) is 0 Å². The Hall–Kier alpha value is -1.50. The van der Waals surface area contributed by atoms with Gasteiger partial charge in [0.05, 0.1) is 12.1 Å². The number of aliphatic hydroxyl groups is 1. The van der Waals surface area contributed by atoms with Crippen molar-refractivity contribution in [1.29, 1.82) is 0 Å². The molecule has 0 saturated carbocycles. The van der Waals surface area contributed by atoms with Crippen LogP contribution in [0.4, 0.5) is 9.59 Å². The van der Waals surface area contributed by atoms with E-state index < -0.39 is 5.60 Å². The van der Waals surface area contributed by atoms with Crippen LogP contribution in [-0.4, -0.2) is 71.0 Å². The SMILES string of the molecule is CC(C)(C)OC(=O)N1CCC2(CC1)CNC(=O)N2CCO. The van der Waals surface area contributed by atoms with Crippen molar-refractivity contribution in [3.8, 4) is 0 Å². The first-order chi connectivity index (χ1) is 9.77. The zero-order chi connectivity index (χ0) is 15.7. The van der Waals surface area contributed by atoms with Gasteiger partial charge in [0.25, 0.3) is 0 Å². The van der Waals surface area contributed by atoms with Crippen LogP contribution < -0.4 is 5.32 Å². The first-order valence-electron chi connectivity index (χ1n) is 7.42. The fourth-order valence-electron chi connectivity index (χ4n) is 2.96. The lowest BCUT2D eigenvalue weighted by molar-refractivity contribution is 0.00719. The summed E-state index contributed by atoms with van der Waals surface area (Å²) >= 11 is 0. The Labute approximate surface area is 125 Å². The van der Waals surface area contributed by atoms with Crippen molar-refractivity contribution in [2.75, 3.05) is 32.8 Å². The minimum Gasteiger partial charge on any atom is -0.444 e. The molecule has 120 valence electrons. The van der Waals surface area contributed by atoms with Crippen molar-refractivity contribution in [3.63, 3.8) is 0 Å². The number of piperidine rings is 1. The number of nitrogens with zero attached hydrogens (tertiary/aromatic N) is 2. The number of rotatable bonds is 2. The van der Waals surface area contributed by atoms with Crippen LogP contribution in [0.5, 0.6) is 0 Å². The quantitative estimate of drug-likeness (QED) is 0.789. The number of ether oxygens (including phenoxy) is 1. The molecule has 0 aliphatic carbocycles. The summed E-state index contributed by atoms with van der Waals surface area (Å²) in [5.41, 5.74) is -0.779. The van der Waals surface area contributed by atoms with E-state index >= 15 is 0 Å². The fraction of sp³-hybridized carbons (Fsp3) is 0.857. The molecule has 0 aromatic rings. The normalized spacial score (nSPS) is 21.6. The van der Waals surface area contributed by atoms with Crippen LogP contribution in [0.25, 0.3) is 0 Å². The zero-order valence-corrected chi connectivity index (χ0v) is 13.0. The van der Waals surface area contributed by atoms with Crippen LogP contribution in [0.1, 0.15) is 33.6 Å². The third-order valence-corrected chi connectivity index (χ3v) is 4.06. The Morgan fingerprint density at radius 2 is 2.00 bits per heavy atom. The molecule has 0 radical (unpaired) electrons. The Balaban J connectivity index is 1.96. The van der Waals surface area contributed by atoms with E-state index in [0.717, 1.165) is 0 Å². The first-order valence-corrected chi connectivity index (χ1v) is 7.42. The lowest BCUT2D eigenvalue weighted by Crippen LogP contribution is -2.56. The van der Waals surface area contributed by atoms with Crippen molar-refractivity contribution in [2.45, 2.75) is 44.8 Å². The predicted octanol–water partition coefficient (Wildman–Crippen LogP) is 0.774. The van der Waals surface area contributed by atoms with Gasteiger partial charge in [0.2, 0.25) is 0 Å². The lowest BCUT2D eigenvalue weighted by Gasteiger charge is -2.43. The third-order valence-electron chi connectivity index (χ3n) is 4.06. The van der Waals surface area contributed by atoms with E-state index in [1.54, 1.807) is 9.80 Å². The van der Waals surface area contributed by atoms with Crippen LogP contribution in [0.15, 0.2) is 0 Å². The molecule has 2 heterocycles. The summed E-state index contributed by atoms with van der Waals surface area (Å²) in [7, 11) is 0. The number of β-amino-alcohol motifs (C(OH)–C–C–N with tert-alkyl or cyclic N) is 1. The number of carbonyl (C=O) groups is 2. The first kappa shape index (κ1) is 15.9. The molecule has 2 aliphatic heterocycles. The van der Waals surface area contributed by atoms with Gasteiger partial charge in [0.1, 0.15) is 5.60 Å². The Kier molecular flexibility index (Phi) is 4.32. The number of urea groups is 1. The molecule has 2 fully saturated rings. The van der Waals surface area contributed by atoms with Crippen molar-refractivity contribution >= 4 is 12.1 Å². The lowest BCUT2D eigenvalue weighted by atomic mass is 9.87. The maximum atomic E-state index is 12.1. The van der Waals surface area contributed by atoms with E-state index in [2.05, 4.69) is 5.32 Å². The highest BCUT2D eigenvalue weighted by molar-refractivity contribution is 5.78. The number of nitrogens with one attached hydrogen (secondary N) is 1. The second-order valence-electron chi connectivity index (χ2n) is 6.73. The van der Waals surface area contributed by atoms with Gasteiger partial charge in [-0.3, -0.25) is 0 Å². The number of hydrogen-bond acceptors (Lipinski definition) is 4. The Bertz CT molecular complexity index is 411. The standard InChI is InChI=1S/C14H25N3O4/c1-13(2,3)21-12(20)16-6-4-14(5-7-16)10-15-11(19)17(14)8-9-18/h18H,4-10H2,1-3H3,(H,15,19). The van der Waals surface area contributed by atoms with Crippen LogP contribution in [0.2, 0.25) is 0 Å². The largest absolute Gasteiger partial charge is 0.444 e. The minimum atomic E-state index is -0.500. The average Bonchev–Trinajstić information content (AvgIpc) is 2.68. The summed E-state index contributed by atoms with van der Waals surface area (Å²) in [4.78, 5) is 27.3. The number of likely N-dealkylation sites (tertiary alicyclic amines) is 1. The predicted molar refractivity (Wildman–Crippen MR) is 77.0 cm³/mol. The highest BCUT2D eigenvalue weighted by atomic mass is 16.6. The highest BCUT2D eigenvalue weighted by Gasteiger charge is 2.47. The minimum absolute atomic E-state index is 0.0506. The monoisotopic (exact) mass is 299 g/mol. The van der Waals surface area contributed by atoms with Crippen LogP contribution in [0.3, 0.4) is 0 Å². The average molecular weight is 299 g/mol. The van der Waals surface area contributed by atoms with Crippen LogP contribution >= 0.6 is 0 Å². The number of hydrogen-bond donors (Lipinski definition) is 2. The molecule has 7 heteroatoms. The molecule has 2 rings (SSSR count). The summed E-state index contributed by atoms with van der Waals surface area (Å²) < 4.78 is 5.37. The summed E-state index contributed by atoms with van der Waals surface area (Å²) in [6.45, 7) is 7.52. The molecular formula is C14H25N3O4. The zero-order valence-electron chi connectivity index (χ0n) is 13.0. The molecule has 0 aromatic heterocycles. The van der Waals surface area contributed by atoms with Crippen molar-refractivity contribution in [3.05, 3.63) is 0 Å². The summed E-state index contributed by atoms with van der Waals surface area (Å²) in [6.07, 6.45) is 1.10. The van der Waals surface area contributed by atoms with Gasteiger partial charge in [0.15, 0.2) is 0 Å². The van der Waals surface area contributed by atoms with Crippen molar-refractivity contribution < 1.29 is 19.4 Å². The molecular weight excluding hydrogens is 274 g/mol. The van der Waals surface area contributed by atoms with Gasteiger partial charge in [-0.1, -0.05) is 0 Å². The van der Waals surface area contributed by atoms with Gasteiger partial charge in [-0.15, -0.1) is 0 Å². The van der Waals surface area contributed by atoms with Crippen LogP contribution in [0, 0.1) is 0 Å². The van der Waals surface area contributed by atoms with Gasteiger partial charge in [-0.2, -0.15) is 0 Å². The second-order valence-corrected chi connectivity index (χ2v) is 6.73. The second kappa shape index (κ2) is 5.71. The number of amides is 3. The molecule has 3 amide bonds. The topological polar surface area (TPSA) is 82.1 Å². The molecule has 7 nitrogen and oxygen atoms in total. The molecule has 1 spiro atoms. The maximum Gasteiger partial charge on any atom is 0.410 e. The number of aliphatic hydroxyl groups excluding tert-OH is 1. The summed E-state index contributed by atoms with van der Waals surface area (Å²) in [5.74, 6) is 0. The van der Waals surface area contributed by atoms with Crippen LogP contribution in [-0.2, 0) is 4.74 Å². The van der Waals surface area contributed by atoms with E-state index in [4.69, 9.17) is 9.84 Å². The summed E-state index contributed by atoms with van der Waals surface area (Å²) in [5, 5.41) is 12.0. The van der Waals surface area contributed by atoms with E-state index in [1.807, 2.05) is 20.8 Å². The third kappa shape index (κ3) is 3.40. The molecule has 2 N–H and O–H groups in total. The fourth-order valence-corrected chi connectivity index (χ4v) is 2.96. The molecule has 0 unspecified atom stereocenters. The molecule has 2 aliphatic rings. The van der Waals surface area contributed by atoms with E-state index in [-0.39, 0.29) is 24.3 Å². The van der Waals surface area contributed by atoms with Crippen molar-refractivity contribution in [1.82, 2.24) is 15.1 Å². The molecule has 2 saturated heterocycles. The van der Waals surface area contributed by atoms with E-state index in [0.29, 0.717) is 39.0 Å². The molecule has 21 heavy (non-hydrogen) atoms. The van der Waals surface area contributed by atoms with E-state index in [9.17, 15) is 9.59 Å². The maximum absolute atomic E-state index is 12.1. The van der Waals surface area contributed by atoms with Gasteiger partial charge in [-0.05, 0) is 33.6 Å². The Morgan fingerprint density at radius 3 is 2.52 bits per heavy atom. The molecule has 0 aromatic carbocycles. The van der Waals surface area contributed by atoms with Gasteiger partial charge >= 0.3 is 12.1 Å². The molecule has 0 atom stereocenters. The smallest absolute Gasteiger partial charge is 0.410 e. The highest BCUT2D eigenvalue weighted by Crippen LogP contribution is 2.32. The van der Waals surface area contributed by atoms with Crippen molar-refractivity contribution in [2.24, 2.45) is 0 Å². The van der Waals surface area contributed by atoms with Gasteiger partial charge < -0.3 is 25.0 Å².